The van der Waals surface area contributed by atoms with Crippen LogP contribution in [0.2, 0.25) is 0 Å². The third kappa shape index (κ3) is 1.50. The van der Waals surface area contributed by atoms with Crippen molar-refractivity contribution in [2.24, 2.45) is 0 Å². The van der Waals surface area contributed by atoms with Gasteiger partial charge in [-0.25, -0.2) is 0 Å². The Kier molecular flexibility index (Phi) is 2.22. The summed E-state index contributed by atoms with van der Waals surface area (Å²) in [6.45, 7) is 5.46. The first kappa shape index (κ1) is 9.84. The predicted octanol–water partition coefficient (Wildman–Crippen LogP) is 3.09. The number of halogens is 1. The molecule has 0 radical (unpaired) electrons. The van der Waals surface area contributed by atoms with Crippen molar-refractivity contribution < 1.29 is 0 Å². The molecule has 0 saturated carbocycles. The van der Waals surface area contributed by atoms with Gasteiger partial charge in [0.15, 0.2) is 0 Å². The third-order valence-electron chi connectivity index (χ3n) is 2.94. The molecule has 0 aliphatic carbocycles. The van der Waals surface area contributed by atoms with Gasteiger partial charge in [0.25, 0.3) is 0 Å². The molecule has 2 nitrogen and oxygen atoms in total. The number of nitrogens with one attached hydrogen (secondary N) is 1. The molecule has 1 aromatic carbocycles. The lowest BCUT2D eigenvalue weighted by Crippen LogP contribution is -2.49. The van der Waals surface area contributed by atoms with Crippen LogP contribution in [-0.2, 0) is 0 Å². The van der Waals surface area contributed by atoms with Crippen LogP contribution >= 0.6 is 15.9 Å². The molecule has 3 heteroatoms. The Morgan fingerprint density at radius 2 is 2.14 bits per heavy atom. The van der Waals surface area contributed by atoms with Gasteiger partial charge in [-0.3, -0.25) is 0 Å². The second-order valence-corrected chi connectivity index (χ2v) is 5.30. The SMILES string of the molecule is CN1c2ccc(Br)cc2NCC1(C)C. The van der Waals surface area contributed by atoms with Crippen molar-refractivity contribution in [3.05, 3.63) is 22.7 Å². The van der Waals surface area contributed by atoms with Crippen LogP contribution in [-0.4, -0.2) is 19.1 Å². The van der Waals surface area contributed by atoms with E-state index in [2.05, 4.69) is 65.2 Å². The highest BCUT2D eigenvalue weighted by Gasteiger charge is 2.29. The average molecular weight is 255 g/mol. The number of nitrogens with zero attached hydrogens (tertiary/aromatic N) is 1. The van der Waals surface area contributed by atoms with E-state index in [9.17, 15) is 0 Å². The third-order valence-corrected chi connectivity index (χ3v) is 3.43. The molecule has 0 unspecified atom stereocenters. The van der Waals surface area contributed by atoms with E-state index in [-0.39, 0.29) is 5.54 Å². The molecule has 0 amide bonds. The van der Waals surface area contributed by atoms with Gasteiger partial charge in [-0.2, -0.15) is 0 Å². The van der Waals surface area contributed by atoms with Gasteiger partial charge >= 0.3 is 0 Å². The minimum Gasteiger partial charge on any atom is -0.381 e. The highest BCUT2D eigenvalue weighted by atomic mass is 79.9. The first-order valence-electron chi connectivity index (χ1n) is 4.78. The van der Waals surface area contributed by atoms with Crippen molar-refractivity contribution in [3.8, 4) is 0 Å². The quantitative estimate of drug-likeness (QED) is 0.766. The van der Waals surface area contributed by atoms with E-state index in [0.29, 0.717) is 0 Å². The molecule has 0 aromatic heterocycles. The van der Waals surface area contributed by atoms with Crippen LogP contribution < -0.4 is 10.2 Å². The van der Waals surface area contributed by atoms with Crippen LogP contribution in [0, 0.1) is 0 Å². The number of anilines is 2. The van der Waals surface area contributed by atoms with E-state index in [4.69, 9.17) is 0 Å². The van der Waals surface area contributed by atoms with Crippen molar-refractivity contribution >= 4 is 27.3 Å². The fraction of sp³-hybridized carbons (Fsp3) is 0.455. The summed E-state index contributed by atoms with van der Waals surface area (Å²) in [4.78, 5) is 2.32. The summed E-state index contributed by atoms with van der Waals surface area (Å²) in [5.74, 6) is 0. The molecule has 0 atom stereocenters. The number of rotatable bonds is 0. The summed E-state index contributed by atoms with van der Waals surface area (Å²) >= 11 is 3.48. The van der Waals surface area contributed by atoms with E-state index in [1.165, 1.54) is 11.4 Å². The average Bonchev–Trinajstić information content (AvgIpc) is 2.12. The van der Waals surface area contributed by atoms with Gasteiger partial charge in [0.1, 0.15) is 0 Å². The topological polar surface area (TPSA) is 15.3 Å². The van der Waals surface area contributed by atoms with Crippen LogP contribution in [0.4, 0.5) is 11.4 Å². The zero-order valence-corrected chi connectivity index (χ0v) is 10.4. The monoisotopic (exact) mass is 254 g/mol. The highest BCUT2D eigenvalue weighted by Crippen LogP contribution is 2.36. The molecule has 1 aliphatic rings. The lowest BCUT2D eigenvalue weighted by Gasteiger charge is -2.43. The fourth-order valence-corrected chi connectivity index (χ4v) is 2.06. The van der Waals surface area contributed by atoms with E-state index in [1.807, 2.05) is 0 Å². The summed E-state index contributed by atoms with van der Waals surface area (Å²) in [6.07, 6.45) is 0. The molecule has 1 aromatic rings. The summed E-state index contributed by atoms with van der Waals surface area (Å²) in [5.41, 5.74) is 2.66. The Morgan fingerprint density at radius 3 is 2.86 bits per heavy atom. The number of likely N-dealkylation sites (N-methyl/N-ethyl adjacent to an activating group) is 1. The Labute approximate surface area is 93.4 Å². The van der Waals surface area contributed by atoms with Gasteiger partial charge < -0.3 is 10.2 Å². The Balaban J connectivity index is 2.46. The van der Waals surface area contributed by atoms with E-state index < -0.39 is 0 Å². The second kappa shape index (κ2) is 3.16. The van der Waals surface area contributed by atoms with Gasteiger partial charge in [0, 0.05) is 18.1 Å². The van der Waals surface area contributed by atoms with E-state index >= 15 is 0 Å². The molecule has 0 spiro atoms. The molecule has 1 N–H and O–H groups in total. The number of hydrogen-bond acceptors (Lipinski definition) is 2. The largest absolute Gasteiger partial charge is 0.381 e. The molecule has 0 saturated heterocycles. The molecule has 2 rings (SSSR count). The molecule has 0 fully saturated rings. The standard InChI is InChI=1S/C11H15BrN2/c1-11(2)7-13-9-6-8(12)4-5-10(9)14(11)3/h4-6,13H,7H2,1-3H3. The normalized spacial score (nSPS) is 18.7. The maximum atomic E-state index is 3.48. The zero-order valence-electron chi connectivity index (χ0n) is 8.76. The Bertz CT molecular complexity index is 360. The minimum atomic E-state index is 0.181. The van der Waals surface area contributed by atoms with E-state index in [1.54, 1.807) is 0 Å². The van der Waals surface area contributed by atoms with Gasteiger partial charge in [-0.15, -0.1) is 0 Å². The first-order valence-corrected chi connectivity index (χ1v) is 5.57. The molecule has 14 heavy (non-hydrogen) atoms. The molecule has 1 aliphatic heterocycles. The van der Waals surface area contributed by atoms with Gasteiger partial charge in [0.05, 0.1) is 16.9 Å². The first-order chi connectivity index (χ1) is 6.50. The van der Waals surface area contributed by atoms with Crippen LogP contribution in [0.1, 0.15) is 13.8 Å². The van der Waals surface area contributed by atoms with Crippen molar-refractivity contribution in [1.82, 2.24) is 0 Å². The van der Waals surface area contributed by atoms with Crippen LogP contribution in [0.25, 0.3) is 0 Å². The van der Waals surface area contributed by atoms with Crippen molar-refractivity contribution in [2.45, 2.75) is 19.4 Å². The smallest absolute Gasteiger partial charge is 0.0605 e. The number of benzene rings is 1. The zero-order chi connectivity index (χ0) is 10.3. The summed E-state index contributed by atoms with van der Waals surface area (Å²) in [5, 5.41) is 3.45. The van der Waals surface area contributed by atoms with Crippen molar-refractivity contribution in [3.63, 3.8) is 0 Å². The minimum absolute atomic E-state index is 0.181. The highest BCUT2D eigenvalue weighted by molar-refractivity contribution is 9.10. The molecule has 0 bridgehead atoms. The lowest BCUT2D eigenvalue weighted by molar-refractivity contribution is 0.502. The maximum absolute atomic E-state index is 3.48. The van der Waals surface area contributed by atoms with E-state index in [0.717, 1.165) is 11.0 Å². The van der Waals surface area contributed by atoms with Crippen LogP contribution in [0.3, 0.4) is 0 Å². The fourth-order valence-electron chi connectivity index (χ4n) is 1.70. The van der Waals surface area contributed by atoms with Gasteiger partial charge in [0.2, 0.25) is 0 Å². The molecule has 76 valence electrons. The van der Waals surface area contributed by atoms with Crippen LogP contribution in [0.5, 0.6) is 0 Å². The molecular weight excluding hydrogens is 240 g/mol. The maximum Gasteiger partial charge on any atom is 0.0605 e. The van der Waals surface area contributed by atoms with Gasteiger partial charge in [-0.1, -0.05) is 15.9 Å². The second-order valence-electron chi connectivity index (χ2n) is 4.39. The predicted molar refractivity (Wildman–Crippen MR) is 65.1 cm³/mol. The Hall–Kier alpha value is -0.700. The molecular formula is C11H15BrN2. The summed E-state index contributed by atoms with van der Waals surface area (Å²) in [6, 6.07) is 6.35. The molecule has 1 heterocycles. The van der Waals surface area contributed by atoms with Crippen molar-refractivity contribution in [2.75, 3.05) is 23.8 Å². The van der Waals surface area contributed by atoms with Gasteiger partial charge in [-0.05, 0) is 32.0 Å². The number of fused-ring (bicyclic) bond motifs is 1. The van der Waals surface area contributed by atoms with Crippen molar-refractivity contribution in [1.29, 1.82) is 0 Å². The van der Waals surface area contributed by atoms with Crippen LogP contribution in [0.15, 0.2) is 22.7 Å². The Morgan fingerprint density at radius 1 is 1.43 bits per heavy atom. The lowest BCUT2D eigenvalue weighted by atomic mass is 9.99. The summed E-state index contributed by atoms with van der Waals surface area (Å²) in [7, 11) is 2.15. The summed E-state index contributed by atoms with van der Waals surface area (Å²) < 4.78 is 1.12. The number of hydrogen-bond donors (Lipinski definition) is 1.